The van der Waals surface area contributed by atoms with Crippen LogP contribution in [0.4, 0.5) is 4.79 Å². The van der Waals surface area contributed by atoms with Gasteiger partial charge in [-0.15, -0.1) is 0 Å². The lowest BCUT2D eigenvalue weighted by Gasteiger charge is -2.30. The van der Waals surface area contributed by atoms with Crippen LogP contribution in [0.15, 0.2) is 60.2 Å². The maximum atomic E-state index is 13.0. The number of fused-ring (bicyclic) bond motifs is 1. The summed E-state index contributed by atoms with van der Waals surface area (Å²) in [6.45, 7) is 1.33. The van der Waals surface area contributed by atoms with Crippen molar-refractivity contribution in [3.05, 3.63) is 76.9 Å². The Hall–Kier alpha value is -2.44. The molecule has 2 aromatic rings. The number of aliphatic hydroxyl groups excluding tert-OH is 1. The summed E-state index contributed by atoms with van der Waals surface area (Å²) in [5, 5.41) is 7.26. The Morgan fingerprint density at radius 1 is 1.08 bits per heavy atom. The van der Waals surface area contributed by atoms with Gasteiger partial charge >= 0.3 is 5.30 Å². The van der Waals surface area contributed by atoms with E-state index in [1.165, 1.54) is 0 Å². The predicted molar refractivity (Wildman–Crippen MR) is 99.0 cm³/mol. The minimum atomic E-state index is -4.25. The van der Waals surface area contributed by atoms with E-state index >= 15 is 0 Å². The fourth-order valence-electron chi connectivity index (χ4n) is 3.22. The van der Waals surface area contributed by atoms with Gasteiger partial charge in [0, 0.05) is 5.92 Å². The van der Waals surface area contributed by atoms with Crippen molar-refractivity contribution in [3.63, 3.8) is 0 Å². The fraction of sp³-hybridized carbons (Fsp3) is 0.250. The summed E-state index contributed by atoms with van der Waals surface area (Å²) in [6, 6.07) is 15.9. The standard InChI is InChI=1S/C20H20O5S/c1-14-17(12-21)11-16-9-5-6-10-18(16)19(14)26(23,24)20(22)25-13-15-7-3-2-4-8-15/h2-11,14,19,21H,12-13H2,1H3/t14-,19?/m1/s1. The predicted octanol–water partition coefficient (Wildman–Crippen LogP) is 3.50. The molecular weight excluding hydrogens is 352 g/mol. The quantitative estimate of drug-likeness (QED) is 0.831. The maximum absolute atomic E-state index is 13.0. The first-order chi connectivity index (χ1) is 12.4. The molecule has 0 aliphatic heterocycles. The summed E-state index contributed by atoms with van der Waals surface area (Å²) in [5.41, 5.74) is 2.53. The number of carbonyl (C=O) groups excluding carboxylic acids is 1. The van der Waals surface area contributed by atoms with E-state index in [-0.39, 0.29) is 13.2 Å². The van der Waals surface area contributed by atoms with E-state index in [4.69, 9.17) is 4.74 Å². The molecule has 1 aliphatic rings. The highest BCUT2D eigenvalue weighted by Gasteiger charge is 2.43. The van der Waals surface area contributed by atoms with Crippen molar-refractivity contribution < 1.29 is 23.1 Å². The summed E-state index contributed by atoms with van der Waals surface area (Å²) in [5.74, 6) is -0.524. The molecule has 0 heterocycles. The van der Waals surface area contributed by atoms with Gasteiger partial charge in [-0.05, 0) is 22.3 Å². The van der Waals surface area contributed by atoms with Gasteiger partial charge in [-0.1, -0.05) is 67.6 Å². The Kier molecular flexibility index (Phi) is 5.25. The third kappa shape index (κ3) is 3.43. The van der Waals surface area contributed by atoms with E-state index in [1.807, 2.05) is 6.07 Å². The zero-order chi connectivity index (χ0) is 18.7. The Balaban J connectivity index is 1.90. The summed E-state index contributed by atoms with van der Waals surface area (Å²) in [4.78, 5) is 12.4. The highest BCUT2D eigenvalue weighted by Crippen LogP contribution is 2.42. The first kappa shape index (κ1) is 18.4. The Labute approximate surface area is 152 Å². The zero-order valence-electron chi connectivity index (χ0n) is 14.3. The summed E-state index contributed by atoms with van der Waals surface area (Å²) >= 11 is 0. The molecule has 0 saturated carbocycles. The van der Waals surface area contributed by atoms with Gasteiger partial charge in [0.25, 0.3) is 9.84 Å². The molecule has 0 radical (unpaired) electrons. The number of benzene rings is 2. The minimum absolute atomic E-state index is 0.107. The number of rotatable bonds is 4. The van der Waals surface area contributed by atoms with Gasteiger partial charge in [-0.25, -0.2) is 13.2 Å². The topological polar surface area (TPSA) is 80.7 Å². The van der Waals surface area contributed by atoms with Crippen LogP contribution in [0.5, 0.6) is 0 Å². The second-order valence-electron chi connectivity index (χ2n) is 6.28. The molecule has 26 heavy (non-hydrogen) atoms. The third-order valence-electron chi connectivity index (χ3n) is 4.63. The number of ether oxygens (including phenoxy) is 1. The van der Waals surface area contributed by atoms with Crippen LogP contribution < -0.4 is 0 Å². The van der Waals surface area contributed by atoms with Crippen LogP contribution in [-0.4, -0.2) is 25.4 Å². The van der Waals surface area contributed by atoms with Crippen molar-refractivity contribution in [2.24, 2.45) is 5.92 Å². The Morgan fingerprint density at radius 2 is 1.73 bits per heavy atom. The Bertz CT molecular complexity index is 932. The van der Waals surface area contributed by atoms with Crippen LogP contribution in [-0.2, 0) is 21.2 Å². The van der Waals surface area contributed by atoms with Crippen LogP contribution >= 0.6 is 0 Å². The summed E-state index contributed by atoms with van der Waals surface area (Å²) in [6.07, 6.45) is 1.78. The molecule has 1 unspecified atom stereocenters. The van der Waals surface area contributed by atoms with Crippen molar-refractivity contribution in [2.45, 2.75) is 18.8 Å². The van der Waals surface area contributed by atoms with Crippen molar-refractivity contribution in [3.8, 4) is 0 Å². The number of hydrogen-bond acceptors (Lipinski definition) is 5. The van der Waals surface area contributed by atoms with Crippen molar-refractivity contribution in [2.75, 3.05) is 6.61 Å². The van der Waals surface area contributed by atoms with Gasteiger partial charge in [0.1, 0.15) is 11.9 Å². The van der Waals surface area contributed by atoms with Crippen LogP contribution in [0, 0.1) is 5.92 Å². The van der Waals surface area contributed by atoms with E-state index in [9.17, 15) is 18.3 Å². The van der Waals surface area contributed by atoms with E-state index in [1.54, 1.807) is 61.5 Å². The Morgan fingerprint density at radius 3 is 2.42 bits per heavy atom. The van der Waals surface area contributed by atoms with E-state index < -0.39 is 26.3 Å². The van der Waals surface area contributed by atoms with Gasteiger partial charge in [0.2, 0.25) is 0 Å². The van der Waals surface area contributed by atoms with Crippen molar-refractivity contribution in [1.29, 1.82) is 0 Å². The molecule has 5 nitrogen and oxygen atoms in total. The largest absolute Gasteiger partial charge is 0.449 e. The molecular formula is C20H20O5S. The molecule has 0 amide bonds. The van der Waals surface area contributed by atoms with E-state index in [2.05, 4.69) is 0 Å². The number of carbonyl (C=O) groups is 1. The fourth-order valence-corrected chi connectivity index (χ4v) is 4.92. The molecule has 0 fully saturated rings. The van der Waals surface area contributed by atoms with Crippen LogP contribution in [0.2, 0.25) is 0 Å². The van der Waals surface area contributed by atoms with Gasteiger partial charge in [-0.2, -0.15) is 0 Å². The average Bonchev–Trinajstić information content (AvgIpc) is 2.66. The lowest BCUT2D eigenvalue weighted by Crippen LogP contribution is -2.31. The highest BCUT2D eigenvalue weighted by atomic mass is 32.2. The SMILES string of the molecule is C[C@@H]1C(CO)=Cc2ccccc2C1S(=O)(=O)C(=O)OCc1ccccc1. The number of sulfone groups is 1. The first-order valence-corrected chi connectivity index (χ1v) is 9.84. The summed E-state index contributed by atoms with van der Waals surface area (Å²) in [7, 11) is -4.25. The van der Waals surface area contributed by atoms with Gasteiger partial charge in [-0.3, -0.25) is 0 Å². The molecule has 136 valence electrons. The molecule has 0 spiro atoms. The molecule has 2 atom stereocenters. The smallest absolute Gasteiger partial charge is 0.425 e. The van der Waals surface area contributed by atoms with Crippen molar-refractivity contribution in [1.82, 2.24) is 0 Å². The first-order valence-electron chi connectivity index (χ1n) is 8.30. The normalized spacial score (nSPS) is 19.4. The molecule has 2 aromatic carbocycles. The van der Waals surface area contributed by atoms with Crippen LogP contribution in [0.3, 0.4) is 0 Å². The molecule has 0 aromatic heterocycles. The highest BCUT2D eigenvalue weighted by molar-refractivity contribution is 8.05. The molecule has 0 saturated heterocycles. The van der Waals surface area contributed by atoms with Crippen LogP contribution in [0.1, 0.15) is 28.9 Å². The zero-order valence-corrected chi connectivity index (χ0v) is 15.1. The lowest BCUT2D eigenvalue weighted by atomic mass is 9.84. The van der Waals surface area contributed by atoms with Crippen LogP contribution in [0.25, 0.3) is 6.08 Å². The second-order valence-corrected chi connectivity index (χ2v) is 8.22. The molecule has 1 aliphatic carbocycles. The molecule has 0 bridgehead atoms. The number of hydrogen-bond donors (Lipinski definition) is 1. The molecule has 1 N–H and O–H groups in total. The van der Waals surface area contributed by atoms with Gasteiger partial charge in [0.15, 0.2) is 0 Å². The maximum Gasteiger partial charge on any atom is 0.425 e. The van der Waals surface area contributed by atoms with Gasteiger partial charge < -0.3 is 9.84 Å². The minimum Gasteiger partial charge on any atom is -0.449 e. The lowest BCUT2D eigenvalue weighted by molar-refractivity contribution is 0.165. The molecule has 3 rings (SSSR count). The molecule has 6 heteroatoms. The second kappa shape index (κ2) is 7.43. The van der Waals surface area contributed by atoms with Crippen molar-refractivity contribution >= 4 is 21.2 Å². The van der Waals surface area contributed by atoms with Gasteiger partial charge in [0.05, 0.1) is 6.61 Å². The average molecular weight is 372 g/mol. The number of aliphatic hydroxyl groups is 1. The third-order valence-corrected chi connectivity index (χ3v) is 6.54. The van der Waals surface area contributed by atoms with E-state index in [0.29, 0.717) is 22.3 Å². The monoisotopic (exact) mass is 372 g/mol. The summed E-state index contributed by atoms with van der Waals surface area (Å²) < 4.78 is 31.0. The van der Waals surface area contributed by atoms with E-state index in [0.717, 1.165) is 0 Å².